The molecule has 0 amide bonds. The SMILES string of the molecule is O=C1CCCN(Cc2ncccn2)c2ccccc21. The van der Waals surface area contributed by atoms with Gasteiger partial charge in [-0.15, -0.1) is 0 Å². The summed E-state index contributed by atoms with van der Waals surface area (Å²) in [6, 6.07) is 9.60. The van der Waals surface area contributed by atoms with Crippen molar-refractivity contribution in [1.29, 1.82) is 0 Å². The molecule has 1 aromatic carbocycles. The molecular weight excluding hydrogens is 238 g/mol. The number of carbonyl (C=O) groups is 1. The highest BCUT2D eigenvalue weighted by molar-refractivity contribution is 6.01. The van der Waals surface area contributed by atoms with Crippen LogP contribution in [-0.2, 0) is 6.54 Å². The Morgan fingerprint density at radius 3 is 2.74 bits per heavy atom. The predicted molar refractivity (Wildman–Crippen MR) is 73.1 cm³/mol. The van der Waals surface area contributed by atoms with Crippen LogP contribution in [0.4, 0.5) is 5.69 Å². The largest absolute Gasteiger partial charge is 0.363 e. The second-order valence-electron chi connectivity index (χ2n) is 4.63. The fourth-order valence-electron chi connectivity index (χ4n) is 2.42. The molecule has 0 radical (unpaired) electrons. The van der Waals surface area contributed by atoms with Gasteiger partial charge in [-0.2, -0.15) is 0 Å². The number of hydrogen-bond acceptors (Lipinski definition) is 4. The normalized spacial score (nSPS) is 14.9. The van der Waals surface area contributed by atoms with Gasteiger partial charge in [-0.25, -0.2) is 9.97 Å². The lowest BCUT2D eigenvalue weighted by Gasteiger charge is -2.23. The van der Waals surface area contributed by atoms with Gasteiger partial charge in [0.1, 0.15) is 5.82 Å². The Morgan fingerprint density at radius 1 is 1.11 bits per heavy atom. The second-order valence-corrected chi connectivity index (χ2v) is 4.63. The number of ketones is 1. The number of hydrogen-bond donors (Lipinski definition) is 0. The van der Waals surface area contributed by atoms with Crippen LogP contribution >= 0.6 is 0 Å². The average molecular weight is 253 g/mol. The predicted octanol–water partition coefficient (Wildman–Crippen LogP) is 2.46. The third kappa shape index (κ3) is 2.47. The summed E-state index contributed by atoms with van der Waals surface area (Å²) in [6.07, 6.45) is 4.98. The van der Waals surface area contributed by atoms with E-state index in [9.17, 15) is 4.79 Å². The van der Waals surface area contributed by atoms with Gasteiger partial charge in [0.05, 0.1) is 6.54 Å². The molecule has 2 heterocycles. The fraction of sp³-hybridized carbons (Fsp3) is 0.267. The number of benzene rings is 1. The van der Waals surface area contributed by atoms with Gasteiger partial charge in [0.15, 0.2) is 5.78 Å². The van der Waals surface area contributed by atoms with E-state index in [-0.39, 0.29) is 5.78 Å². The Morgan fingerprint density at radius 2 is 1.89 bits per heavy atom. The quantitative estimate of drug-likeness (QED) is 0.824. The minimum atomic E-state index is 0.229. The molecule has 1 aliphatic rings. The molecule has 0 saturated heterocycles. The van der Waals surface area contributed by atoms with Gasteiger partial charge in [0.25, 0.3) is 0 Å². The van der Waals surface area contributed by atoms with E-state index < -0.39 is 0 Å². The third-order valence-corrected chi connectivity index (χ3v) is 3.33. The lowest BCUT2D eigenvalue weighted by atomic mass is 10.1. The number of nitrogens with zero attached hydrogens (tertiary/aromatic N) is 3. The molecule has 0 spiro atoms. The van der Waals surface area contributed by atoms with Crippen LogP contribution in [0, 0.1) is 0 Å². The Hall–Kier alpha value is -2.23. The summed E-state index contributed by atoms with van der Waals surface area (Å²) in [7, 11) is 0. The zero-order valence-corrected chi connectivity index (χ0v) is 10.6. The zero-order chi connectivity index (χ0) is 13.1. The van der Waals surface area contributed by atoms with E-state index in [1.807, 2.05) is 30.3 Å². The fourth-order valence-corrected chi connectivity index (χ4v) is 2.42. The van der Waals surface area contributed by atoms with E-state index in [1.165, 1.54) is 0 Å². The van der Waals surface area contributed by atoms with E-state index in [0.717, 1.165) is 30.0 Å². The van der Waals surface area contributed by atoms with Crippen LogP contribution in [0.2, 0.25) is 0 Å². The maximum Gasteiger partial charge on any atom is 0.165 e. The first kappa shape index (κ1) is 11.8. The van der Waals surface area contributed by atoms with E-state index in [4.69, 9.17) is 0 Å². The number of anilines is 1. The molecule has 3 rings (SSSR count). The van der Waals surface area contributed by atoms with E-state index in [0.29, 0.717) is 13.0 Å². The number of aromatic nitrogens is 2. The van der Waals surface area contributed by atoms with Gasteiger partial charge in [-0.3, -0.25) is 4.79 Å². The number of fused-ring (bicyclic) bond motifs is 1. The van der Waals surface area contributed by atoms with Crippen LogP contribution < -0.4 is 4.90 Å². The Labute approximate surface area is 112 Å². The molecule has 19 heavy (non-hydrogen) atoms. The number of rotatable bonds is 2. The van der Waals surface area contributed by atoms with Gasteiger partial charge in [-0.1, -0.05) is 12.1 Å². The van der Waals surface area contributed by atoms with Crippen molar-refractivity contribution in [2.45, 2.75) is 19.4 Å². The molecule has 0 unspecified atom stereocenters. The molecule has 0 N–H and O–H groups in total. The number of Topliss-reactive ketones (excluding diaryl/α,β-unsaturated/α-hetero) is 1. The summed E-state index contributed by atoms with van der Waals surface area (Å²) < 4.78 is 0. The summed E-state index contributed by atoms with van der Waals surface area (Å²) in [4.78, 5) is 22.8. The second kappa shape index (κ2) is 5.18. The Kier molecular flexibility index (Phi) is 3.23. The first-order chi connectivity index (χ1) is 9.34. The standard InChI is InChI=1S/C15H15N3O/c19-14-7-3-10-18(11-15-16-8-4-9-17-15)13-6-2-1-5-12(13)14/h1-2,4-6,8-9H,3,7,10-11H2. The minimum absolute atomic E-state index is 0.229. The van der Waals surface area contributed by atoms with E-state index in [1.54, 1.807) is 12.4 Å². The lowest BCUT2D eigenvalue weighted by molar-refractivity contribution is 0.0984. The molecule has 1 aliphatic heterocycles. The van der Waals surface area contributed by atoms with Crippen LogP contribution in [-0.4, -0.2) is 22.3 Å². The molecule has 2 aromatic rings. The van der Waals surface area contributed by atoms with Gasteiger partial charge < -0.3 is 4.90 Å². The Balaban J connectivity index is 1.93. The van der Waals surface area contributed by atoms with Crippen LogP contribution in [0.5, 0.6) is 0 Å². The molecular formula is C15H15N3O. The molecule has 4 heteroatoms. The highest BCUT2D eigenvalue weighted by Crippen LogP contribution is 2.26. The highest BCUT2D eigenvalue weighted by atomic mass is 16.1. The molecule has 0 bridgehead atoms. The summed E-state index contributed by atoms with van der Waals surface area (Å²) in [5.41, 5.74) is 1.81. The van der Waals surface area contributed by atoms with Gasteiger partial charge in [0, 0.05) is 36.6 Å². The molecule has 4 nitrogen and oxygen atoms in total. The van der Waals surface area contributed by atoms with Crippen molar-refractivity contribution < 1.29 is 4.79 Å². The van der Waals surface area contributed by atoms with Crippen LogP contribution in [0.15, 0.2) is 42.7 Å². The summed E-state index contributed by atoms with van der Waals surface area (Å²) in [5.74, 6) is 1.01. The first-order valence-corrected chi connectivity index (χ1v) is 6.47. The molecule has 0 saturated carbocycles. The number of carbonyl (C=O) groups excluding carboxylic acids is 1. The summed E-state index contributed by atoms with van der Waals surface area (Å²) >= 11 is 0. The zero-order valence-electron chi connectivity index (χ0n) is 10.6. The minimum Gasteiger partial charge on any atom is -0.363 e. The molecule has 96 valence electrons. The molecule has 0 fully saturated rings. The molecule has 0 aliphatic carbocycles. The maximum atomic E-state index is 12.0. The van der Waals surface area contributed by atoms with Crippen molar-refractivity contribution in [2.75, 3.05) is 11.4 Å². The van der Waals surface area contributed by atoms with Gasteiger partial charge in [-0.05, 0) is 24.6 Å². The highest BCUT2D eigenvalue weighted by Gasteiger charge is 2.20. The average Bonchev–Trinajstić information content (AvgIpc) is 2.61. The third-order valence-electron chi connectivity index (χ3n) is 3.33. The van der Waals surface area contributed by atoms with Crippen molar-refractivity contribution in [2.24, 2.45) is 0 Å². The van der Waals surface area contributed by atoms with Crippen molar-refractivity contribution in [3.05, 3.63) is 54.1 Å². The molecule has 1 aromatic heterocycles. The monoisotopic (exact) mass is 253 g/mol. The van der Waals surface area contributed by atoms with E-state index >= 15 is 0 Å². The number of para-hydroxylation sites is 1. The topological polar surface area (TPSA) is 46.1 Å². The van der Waals surface area contributed by atoms with Gasteiger partial charge in [0.2, 0.25) is 0 Å². The van der Waals surface area contributed by atoms with Crippen molar-refractivity contribution in [3.8, 4) is 0 Å². The summed E-state index contributed by atoms with van der Waals surface area (Å²) in [5, 5.41) is 0. The first-order valence-electron chi connectivity index (χ1n) is 6.47. The molecule has 0 atom stereocenters. The lowest BCUT2D eigenvalue weighted by Crippen LogP contribution is -2.24. The van der Waals surface area contributed by atoms with Gasteiger partial charge >= 0.3 is 0 Å². The van der Waals surface area contributed by atoms with Crippen molar-refractivity contribution in [3.63, 3.8) is 0 Å². The van der Waals surface area contributed by atoms with Crippen molar-refractivity contribution in [1.82, 2.24) is 9.97 Å². The summed E-state index contributed by atoms with van der Waals surface area (Å²) in [6.45, 7) is 1.51. The van der Waals surface area contributed by atoms with Crippen LogP contribution in [0.3, 0.4) is 0 Å². The van der Waals surface area contributed by atoms with Crippen LogP contribution in [0.25, 0.3) is 0 Å². The van der Waals surface area contributed by atoms with Crippen LogP contribution in [0.1, 0.15) is 29.0 Å². The smallest absolute Gasteiger partial charge is 0.165 e. The Bertz CT molecular complexity index is 583. The van der Waals surface area contributed by atoms with E-state index in [2.05, 4.69) is 14.9 Å². The maximum absolute atomic E-state index is 12.0. The van der Waals surface area contributed by atoms with Crippen molar-refractivity contribution >= 4 is 11.5 Å².